The van der Waals surface area contributed by atoms with Crippen molar-refractivity contribution in [2.24, 2.45) is 5.92 Å². The highest BCUT2D eigenvalue weighted by Crippen LogP contribution is 2.31. The molecule has 0 aromatic rings. The highest BCUT2D eigenvalue weighted by Gasteiger charge is 2.33. The molecule has 0 aromatic carbocycles. The molecule has 2 aliphatic rings. The van der Waals surface area contributed by atoms with Gasteiger partial charge in [-0.25, -0.2) is 0 Å². The number of piperazine rings is 1. The highest BCUT2D eigenvalue weighted by molar-refractivity contribution is 4.93. The maximum Gasteiger partial charge on any atom is 0.0278 e. The summed E-state index contributed by atoms with van der Waals surface area (Å²) < 4.78 is 0. The maximum absolute atomic E-state index is 3.69. The summed E-state index contributed by atoms with van der Waals surface area (Å²) >= 11 is 0. The van der Waals surface area contributed by atoms with Crippen molar-refractivity contribution in [1.82, 2.24) is 10.2 Å². The molecule has 1 unspecified atom stereocenters. The quantitative estimate of drug-likeness (QED) is 0.813. The van der Waals surface area contributed by atoms with Gasteiger partial charge in [-0.15, -0.1) is 0 Å². The number of rotatable bonds is 3. The highest BCUT2D eigenvalue weighted by atomic mass is 15.2. The second-order valence-electron chi connectivity index (χ2n) is 6.39. The van der Waals surface area contributed by atoms with E-state index in [0.29, 0.717) is 5.54 Å². The fourth-order valence-corrected chi connectivity index (χ4v) is 3.55. The molecule has 1 atom stereocenters. The first-order valence-corrected chi connectivity index (χ1v) is 7.66. The summed E-state index contributed by atoms with van der Waals surface area (Å²) in [6.07, 6.45) is 8.45. The van der Waals surface area contributed by atoms with Crippen LogP contribution in [0.15, 0.2) is 0 Å². The lowest BCUT2D eigenvalue weighted by Crippen LogP contribution is -2.60. The molecule has 1 saturated carbocycles. The molecule has 1 saturated heterocycles. The Morgan fingerprint density at radius 1 is 1.18 bits per heavy atom. The van der Waals surface area contributed by atoms with E-state index in [1.807, 2.05) is 0 Å². The second kappa shape index (κ2) is 5.71. The molecule has 100 valence electrons. The lowest BCUT2D eigenvalue weighted by Gasteiger charge is -2.46. The van der Waals surface area contributed by atoms with E-state index in [0.717, 1.165) is 12.0 Å². The van der Waals surface area contributed by atoms with E-state index < -0.39 is 0 Å². The van der Waals surface area contributed by atoms with Crippen molar-refractivity contribution >= 4 is 0 Å². The van der Waals surface area contributed by atoms with Crippen LogP contribution in [0.3, 0.4) is 0 Å². The third-order valence-corrected chi connectivity index (χ3v) is 5.19. The molecule has 17 heavy (non-hydrogen) atoms. The second-order valence-corrected chi connectivity index (χ2v) is 6.39. The number of hydrogen-bond acceptors (Lipinski definition) is 2. The molecule has 0 aromatic heterocycles. The Bertz CT molecular complexity index is 233. The summed E-state index contributed by atoms with van der Waals surface area (Å²) in [5, 5.41) is 3.69. The summed E-state index contributed by atoms with van der Waals surface area (Å²) in [6, 6.07) is 0.880. The van der Waals surface area contributed by atoms with E-state index in [1.54, 1.807) is 0 Å². The average molecular weight is 238 g/mol. The molecule has 2 rings (SSSR count). The summed E-state index contributed by atoms with van der Waals surface area (Å²) in [7, 11) is 0. The molecular weight excluding hydrogens is 208 g/mol. The Balaban J connectivity index is 1.86. The van der Waals surface area contributed by atoms with Gasteiger partial charge in [0.2, 0.25) is 0 Å². The van der Waals surface area contributed by atoms with Gasteiger partial charge in [0.15, 0.2) is 0 Å². The minimum atomic E-state index is 0.361. The van der Waals surface area contributed by atoms with Crippen LogP contribution < -0.4 is 5.32 Å². The molecule has 0 spiro atoms. The standard InChI is InChI=1S/C15H30N2/c1-4-13-6-8-14(9-7-13)17-11-10-16-15(3,5-2)12-17/h13-14,16H,4-12H2,1-3H3. The van der Waals surface area contributed by atoms with Crippen LogP contribution in [0.1, 0.15) is 59.3 Å². The summed E-state index contributed by atoms with van der Waals surface area (Å²) in [4.78, 5) is 2.77. The van der Waals surface area contributed by atoms with Crippen molar-refractivity contribution in [1.29, 1.82) is 0 Å². The van der Waals surface area contributed by atoms with Crippen LogP contribution in [0.4, 0.5) is 0 Å². The van der Waals surface area contributed by atoms with Crippen LogP contribution in [0.2, 0.25) is 0 Å². The predicted molar refractivity (Wildman–Crippen MR) is 74.3 cm³/mol. The summed E-state index contributed by atoms with van der Waals surface area (Å²) in [6.45, 7) is 10.7. The minimum Gasteiger partial charge on any atom is -0.309 e. The Kier molecular flexibility index (Phi) is 4.48. The van der Waals surface area contributed by atoms with Crippen molar-refractivity contribution in [3.63, 3.8) is 0 Å². The number of nitrogens with zero attached hydrogens (tertiary/aromatic N) is 1. The Morgan fingerprint density at radius 3 is 2.47 bits per heavy atom. The van der Waals surface area contributed by atoms with Crippen molar-refractivity contribution < 1.29 is 0 Å². The van der Waals surface area contributed by atoms with Gasteiger partial charge in [0.1, 0.15) is 0 Å². The van der Waals surface area contributed by atoms with E-state index >= 15 is 0 Å². The van der Waals surface area contributed by atoms with Crippen molar-refractivity contribution in [2.45, 2.75) is 70.9 Å². The Labute approximate surface area is 107 Å². The van der Waals surface area contributed by atoms with Crippen molar-refractivity contribution in [3.8, 4) is 0 Å². The van der Waals surface area contributed by atoms with Gasteiger partial charge in [0.05, 0.1) is 0 Å². The van der Waals surface area contributed by atoms with Gasteiger partial charge in [-0.1, -0.05) is 20.3 Å². The number of hydrogen-bond donors (Lipinski definition) is 1. The molecule has 2 fully saturated rings. The van der Waals surface area contributed by atoms with E-state index in [4.69, 9.17) is 0 Å². The fraction of sp³-hybridized carbons (Fsp3) is 1.00. The van der Waals surface area contributed by atoms with Crippen LogP contribution in [-0.2, 0) is 0 Å². The zero-order valence-corrected chi connectivity index (χ0v) is 12.0. The molecular formula is C15H30N2. The van der Waals surface area contributed by atoms with Gasteiger partial charge in [-0.2, -0.15) is 0 Å². The molecule has 1 heterocycles. The molecule has 2 nitrogen and oxygen atoms in total. The topological polar surface area (TPSA) is 15.3 Å². The SMILES string of the molecule is CCC1CCC(N2CCNC(C)(CC)C2)CC1. The minimum absolute atomic E-state index is 0.361. The van der Waals surface area contributed by atoms with Gasteiger partial charge >= 0.3 is 0 Å². The largest absolute Gasteiger partial charge is 0.309 e. The third kappa shape index (κ3) is 3.23. The van der Waals surface area contributed by atoms with Crippen LogP contribution in [0, 0.1) is 5.92 Å². The van der Waals surface area contributed by atoms with Crippen LogP contribution in [-0.4, -0.2) is 36.1 Å². The van der Waals surface area contributed by atoms with E-state index in [-0.39, 0.29) is 0 Å². The lowest BCUT2D eigenvalue weighted by molar-refractivity contribution is 0.0694. The van der Waals surface area contributed by atoms with Crippen molar-refractivity contribution in [3.05, 3.63) is 0 Å². The van der Waals surface area contributed by atoms with E-state index in [1.165, 1.54) is 58.2 Å². The first kappa shape index (κ1) is 13.4. The molecule has 0 radical (unpaired) electrons. The molecule has 1 aliphatic heterocycles. The number of nitrogens with one attached hydrogen (secondary N) is 1. The van der Waals surface area contributed by atoms with Gasteiger partial charge < -0.3 is 5.32 Å². The molecule has 1 aliphatic carbocycles. The van der Waals surface area contributed by atoms with E-state index in [9.17, 15) is 0 Å². The normalized spacial score (nSPS) is 40.4. The monoisotopic (exact) mass is 238 g/mol. The van der Waals surface area contributed by atoms with Gasteiger partial charge in [-0.05, 0) is 44.9 Å². The summed E-state index contributed by atoms with van der Waals surface area (Å²) in [5.41, 5.74) is 0.361. The van der Waals surface area contributed by atoms with E-state index in [2.05, 4.69) is 31.0 Å². The molecule has 1 N–H and O–H groups in total. The van der Waals surface area contributed by atoms with Crippen LogP contribution in [0.5, 0.6) is 0 Å². The van der Waals surface area contributed by atoms with Gasteiger partial charge in [0, 0.05) is 31.2 Å². The maximum atomic E-state index is 3.69. The van der Waals surface area contributed by atoms with Crippen LogP contribution in [0.25, 0.3) is 0 Å². The molecule has 0 bridgehead atoms. The molecule has 2 heteroatoms. The average Bonchev–Trinajstić information content (AvgIpc) is 2.39. The Hall–Kier alpha value is -0.0800. The molecule has 0 amide bonds. The van der Waals surface area contributed by atoms with Crippen LogP contribution >= 0.6 is 0 Å². The van der Waals surface area contributed by atoms with Crippen molar-refractivity contribution in [2.75, 3.05) is 19.6 Å². The lowest BCUT2D eigenvalue weighted by atomic mass is 9.83. The zero-order chi connectivity index (χ0) is 12.3. The first-order chi connectivity index (χ1) is 8.17. The third-order valence-electron chi connectivity index (χ3n) is 5.19. The van der Waals surface area contributed by atoms with Gasteiger partial charge in [0.25, 0.3) is 0 Å². The smallest absolute Gasteiger partial charge is 0.0278 e. The fourth-order valence-electron chi connectivity index (χ4n) is 3.55. The Morgan fingerprint density at radius 2 is 1.88 bits per heavy atom. The zero-order valence-electron chi connectivity index (χ0n) is 12.0. The predicted octanol–water partition coefficient (Wildman–Crippen LogP) is 3.03. The van der Waals surface area contributed by atoms with Gasteiger partial charge in [-0.3, -0.25) is 4.90 Å². The summed E-state index contributed by atoms with van der Waals surface area (Å²) in [5.74, 6) is 1.02. The first-order valence-electron chi connectivity index (χ1n) is 7.66.